The van der Waals surface area contributed by atoms with Crippen LogP contribution >= 0.6 is 0 Å². The summed E-state index contributed by atoms with van der Waals surface area (Å²) in [5.74, 6) is 0.940. The predicted octanol–water partition coefficient (Wildman–Crippen LogP) is 1.51. The lowest BCUT2D eigenvalue weighted by atomic mass is 10.1. The minimum atomic E-state index is -0.232. The van der Waals surface area contributed by atoms with E-state index in [9.17, 15) is 5.11 Å². The molecule has 1 N–H and O–H groups in total. The number of nitrogens with zero attached hydrogens (tertiary/aromatic N) is 3. The van der Waals surface area contributed by atoms with E-state index < -0.39 is 0 Å². The molecule has 3 rings (SSSR count). The van der Waals surface area contributed by atoms with Crippen molar-refractivity contribution in [3.05, 3.63) is 30.1 Å². The summed E-state index contributed by atoms with van der Waals surface area (Å²) in [5, 5.41) is 10.7. The van der Waals surface area contributed by atoms with E-state index in [2.05, 4.69) is 33.9 Å². The third-order valence-electron chi connectivity index (χ3n) is 3.23. The zero-order chi connectivity index (χ0) is 11.8. The zero-order valence-electron chi connectivity index (χ0n) is 9.80. The number of fused-ring (bicyclic) bond motifs is 1. The second kappa shape index (κ2) is 3.96. The summed E-state index contributed by atoms with van der Waals surface area (Å²) in [6.07, 6.45) is 2.18. The molecule has 0 bridgehead atoms. The van der Waals surface area contributed by atoms with Crippen LogP contribution in [0.25, 0.3) is 10.9 Å². The lowest BCUT2D eigenvalue weighted by Gasteiger charge is -2.18. The van der Waals surface area contributed by atoms with Crippen molar-refractivity contribution in [2.45, 2.75) is 19.4 Å². The summed E-state index contributed by atoms with van der Waals surface area (Å²) in [5.41, 5.74) is 2.16. The van der Waals surface area contributed by atoms with Gasteiger partial charge in [0.15, 0.2) is 0 Å². The standard InChI is InChI=1S/C13H15N3O/c1-9-2-3-12-11(6-9)13(15-8-14-12)16-5-4-10(17)7-16/h2-3,6,8,10,17H,4-5,7H2,1H3/t10-/m0/s1. The van der Waals surface area contributed by atoms with E-state index in [1.165, 1.54) is 5.56 Å². The van der Waals surface area contributed by atoms with Gasteiger partial charge in [0.2, 0.25) is 0 Å². The number of hydrogen-bond donors (Lipinski definition) is 1. The largest absolute Gasteiger partial charge is 0.391 e. The number of anilines is 1. The summed E-state index contributed by atoms with van der Waals surface area (Å²) in [6.45, 7) is 3.59. The highest BCUT2D eigenvalue weighted by Crippen LogP contribution is 2.26. The number of aryl methyl sites for hydroxylation is 1. The van der Waals surface area contributed by atoms with E-state index in [1.54, 1.807) is 6.33 Å². The molecule has 1 aliphatic rings. The second-order valence-electron chi connectivity index (χ2n) is 4.61. The van der Waals surface area contributed by atoms with Gasteiger partial charge in [0.05, 0.1) is 11.6 Å². The molecule has 1 saturated heterocycles. The fourth-order valence-corrected chi connectivity index (χ4v) is 2.34. The Morgan fingerprint density at radius 2 is 2.24 bits per heavy atom. The average molecular weight is 229 g/mol. The Balaban J connectivity index is 2.12. The summed E-state index contributed by atoms with van der Waals surface area (Å²) in [4.78, 5) is 10.8. The first-order chi connectivity index (χ1) is 8.24. The predicted molar refractivity (Wildman–Crippen MR) is 67.1 cm³/mol. The number of β-amino-alcohol motifs (C(OH)–C–C–N with tert-alkyl or cyclic N) is 1. The highest BCUT2D eigenvalue weighted by Gasteiger charge is 2.22. The molecular weight excluding hydrogens is 214 g/mol. The normalized spacial score (nSPS) is 20.1. The van der Waals surface area contributed by atoms with Crippen LogP contribution in [0.4, 0.5) is 5.82 Å². The molecular formula is C13H15N3O. The van der Waals surface area contributed by atoms with Gasteiger partial charge in [-0.1, -0.05) is 11.6 Å². The van der Waals surface area contributed by atoms with Crippen molar-refractivity contribution in [2.24, 2.45) is 0 Å². The van der Waals surface area contributed by atoms with Crippen LogP contribution in [0.3, 0.4) is 0 Å². The maximum Gasteiger partial charge on any atom is 0.139 e. The second-order valence-corrected chi connectivity index (χ2v) is 4.61. The van der Waals surface area contributed by atoms with Gasteiger partial charge in [-0.05, 0) is 25.5 Å². The van der Waals surface area contributed by atoms with E-state index in [0.717, 1.165) is 29.7 Å². The number of hydrogen-bond acceptors (Lipinski definition) is 4. The van der Waals surface area contributed by atoms with Crippen molar-refractivity contribution in [1.29, 1.82) is 0 Å². The first-order valence-corrected chi connectivity index (χ1v) is 5.88. The van der Waals surface area contributed by atoms with Crippen LogP contribution in [0.1, 0.15) is 12.0 Å². The minimum Gasteiger partial charge on any atom is -0.391 e. The Bertz CT molecular complexity index is 555. The molecule has 1 aliphatic heterocycles. The van der Waals surface area contributed by atoms with E-state index in [1.807, 2.05) is 6.07 Å². The SMILES string of the molecule is Cc1ccc2ncnc(N3CC[C@H](O)C3)c2c1. The Labute approximate surface area is 99.9 Å². The molecule has 17 heavy (non-hydrogen) atoms. The van der Waals surface area contributed by atoms with E-state index in [0.29, 0.717) is 6.54 Å². The fourth-order valence-electron chi connectivity index (χ4n) is 2.34. The van der Waals surface area contributed by atoms with Gasteiger partial charge in [-0.15, -0.1) is 0 Å². The molecule has 1 fully saturated rings. The first-order valence-electron chi connectivity index (χ1n) is 5.88. The van der Waals surface area contributed by atoms with Gasteiger partial charge in [-0.2, -0.15) is 0 Å². The van der Waals surface area contributed by atoms with Crippen molar-refractivity contribution in [3.63, 3.8) is 0 Å². The lowest BCUT2D eigenvalue weighted by molar-refractivity contribution is 0.198. The Hall–Kier alpha value is -1.68. The molecule has 1 atom stereocenters. The van der Waals surface area contributed by atoms with Crippen molar-refractivity contribution >= 4 is 16.7 Å². The average Bonchev–Trinajstić information content (AvgIpc) is 2.75. The van der Waals surface area contributed by atoms with Crippen molar-refractivity contribution < 1.29 is 5.11 Å². The molecule has 1 aromatic heterocycles. The molecule has 2 heterocycles. The highest BCUT2D eigenvalue weighted by molar-refractivity contribution is 5.89. The smallest absolute Gasteiger partial charge is 0.139 e. The van der Waals surface area contributed by atoms with Gasteiger partial charge in [0.25, 0.3) is 0 Å². The maximum absolute atomic E-state index is 9.60. The Morgan fingerprint density at radius 1 is 1.35 bits per heavy atom. The zero-order valence-corrected chi connectivity index (χ0v) is 9.80. The number of rotatable bonds is 1. The van der Waals surface area contributed by atoms with Crippen molar-refractivity contribution in [3.8, 4) is 0 Å². The minimum absolute atomic E-state index is 0.232. The van der Waals surface area contributed by atoms with Crippen LogP contribution in [0, 0.1) is 6.92 Å². The van der Waals surface area contributed by atoms with Gasteiger partial charge in [-0.25, -0.2) is 9.97 Å². The van der Waals surface area contributed by atoms with E-state index >= 15 is 0 Å². The van der Waals surface area contributed by atoms with E-state index in [4.69, 9.17) is 0 Å². The van der Waals surface area contributed by atoms with Crippen LogP contribution < -0.4 is 4.90 Å². The molecule has 0 spiro atoms. The quantitative estimate of drug-likeness (QED) is 0.805. The lowest BCUT2D eigenvalue weighted by Crippen LogP contribution is -2.22. The molecule has 0 unspecified atom stereocenters. The summed E-state index contributed by atoms with van der Waals surface area (Å²) in [6, 6.07) is 6.18. The highest BCUT2D eigenvalue weighted by atomic mass is 16.3. The molecule has 0 aliphatic carbocycles. The van der Waals surface area contributed by atoms with Gasteiger partial charge >= 0.3 is 0 Å². The number of aromatic nitrogens is 2. The molecule has 4 heteroatoms. The van der Waals surface area contributed by atoms with Crippen molar-refractivity contribution in [1.82, 2.24) is 9.97 Å². The molecule has 2 aromatic rings. The summed E-state index contributed by atoms with van der Waals surface area (Å²) < 4.78 is 0. The van der Waals surface area contributed by atoms with Gasteiger partial charge in [-0.3, -0.25) is 0 Å². The monoisotopic (exact) mass is 229 g/mol. The summed E-state index contributed by atoms with van der Waals surface area (Å²) >= 11 is 0. The van der Waals surface area contributed by atoms with Crippen LogP contribution in [0.15, 0.2) is 24.5 Å². The third-order valence-corrected chi connectivity index (χ3v) is 3.23. The number of aliphatic hydroxyl groups is 1. The molecule has 0 amide bonds. The van der Waals surface area contributed by atoms with Crippen LogP contribution in [-0.2, 0) is 0 Å². The summed E-state index contributed by atoms with van der Waals surface area (Å²) in [7, 11) is 0. The van der Waals surface area contributed by atoms with Crippen molar-refractivity contribution in [2.75, 3.05) is 18.0 Å². The molecule has 0 saturated carbocycles. The maximum atomic E-state index is 9.60. The van der Waals surface area contributed by atoms with Gasteiger partial charge in [0.1, 0.15) is 12.1 Å². The van der Waals surface area contributed by atoms with Crippen LogP contribution in [0.2, 0.25) is 0 Å². The molecule has 88 valence electrons. The molecule has 4 nitrogen and oxygen atoms in total. The molecule has 1 aromatic carbocycles. The van der Waals surface area contributed by atoms with Crippen LogP contribution in [-0.4, -0.2) is 34.3 Å². The topological polar surface area (TPSA) is 49.2 Å². The third kappa shape index (κ3) is 1.85. The van der Waals surface area contributed by atoms with E-state index in [-0.39, 0.29) is 6.10 Å². The van der Waals surface area contributed by atoms with Gasteiger partial charge < -0.3 is 10.0 Å². The fraction of sp³-hybridized carbons (Fsp3) is 0.385. The molecule has 0 radical (unpaired) electrons. The number of benzene rings is 1. The number of aliphatic hydroxyl groups excluding tert-OH is 1. The van der Waals surface area contributed by atoms with Crippen LogP contribution in [0.5, 0.6) is 0 Å². The van der Waals surface area contributed by atoms with Gasteiger partial charge in [0, 0.05) is 18.5 Å². The Morgan fingerprint density at radius 3 is 3.00 bits per heavy atom. The first kappa shape index (κ1) is 10.5. The Kier molecular flexibility index (Phi) is 2.44.